The van der Waals surface area contributed by atoms with Gasteiger partial charge in [0.2, 0.25) is 0 Å². The Balaban J connectivity index is 2.23. The molecule has 0 radical (unpaired) electrons. The van der Waals surface area contributed by atoms with E-state index >= 15 is 0 Å². The number of rotatable bonds is 10. The molecule has 136 valence electrons. The van der Waals surface area contributed by atoms with Gasteiger partial charge in [-0.2, -0.15) is 0 Å². The van der Waals surface area contributed by atoms with Gasteiger partial charge >= 0.3 is 0 Å². The number of nitrogens with zero attached hydrogens (tertiary/aromatic N) is 2. The summed E-state index contributed by atoms with van der Waals surface area (Å²) < 4.78 is 10.4. The molecule has 1 aliphatic heterocycles. The summed E-state index contributed by atoms with van der Waals surface area (Å²) in [5.74, 6) is 1.06. The summed E-state index contributed by atoms with van der Waals surface area (Å²) in [5.41, 5.74) is 0.444. The molecule has 1 fully saturated rings. The Kier molecular flexibility index (Phi) is 10.3. The van der Waals surface area contributed by atoms with E-state index in [0.29, 0.717) is 18.6 Å². The fraction of sp³-hybridized carbons (Fsp3) is 0.944. The van der Waals surface area contributed by atoms with Crippen molar-refractivity contribution in [3.05, 3.63) is 0 Å². The topological polar surface area (TPSA) is 46.1 Å². The number of likely N-dealkylation sites (tertiary alicyclic amines) is 1. The maximum Gasteiger partial charge on any atom is 0.193 e. The van der Waals surface area contributed by atoms with Crippen LogP contribution < -0.4 is 5.32 Å². The molecule has 0 aromatic rings. The Bertz CT molecular complexity index is 332. The first-order valence-electron chi connectivity index (χ1n) is 9.17. The lowest BCUT2D eigenvalue weighted by molar-refractivity contribution is 0.0689. The molecule has 1 atom stereocenters. The van der Waals surface area contributed by atoms with Crippen LogP contribution in [0.1, 0.15) is 52.4 Å². The minimum atomic E-state index is 0.444. The molecule has 0 amide bonds. The van der Waals surface area contributed by atoms with E-state index in [4.69, 9.17) is 9.47 Å². The van der Waals surface area contributed by atoms with Crippen LogP contribution in [-0.2, 0) is 9.47 Å². The van der Waals surface area contributed by atoms with Crippen LogP contribution in [0, 0.1) is 5.41 Å². The molecule has 1 aliphatic rings. The van der Waals surface area contributed by atoms with Crippen LogP contribution in [0.3, 0.4) is 0 Å². The molecular weight excluding hydrogens is 290 g/mol. The van der Waals surface area contributed by atoms with Crippen molar-refractivity contribution in [2.24, 2.45) is 10.4 Å². The van der Waals surface area contributed by atoms with Gasteiger partial charge in [0.15, 0.2) is 5.96 Å². The molecule has 5 heteroatoms. The van der Waals surface area contributed by atoms with Crippen LogP contribution >= 0.6 is 0 Å². The van der Waals surface area contributed by atoms with Gasteiger partial charge in [-0.15, -0.1) is 0 Å². The van der Waals surface area contributed by atoms with Gasteiger partial charge in [-0.1, -0.05) is 20.3 Å². The van der Waals surface area contributed by atoms with E-state index in [9.17, 15) is 0 Å². The minimum Gasteiger partial charge on any atom is -0.382 e. The SMILES string of the molecule is CCCC1(C)CCCN(C(=NC)NCCCCOCCOC)C1. The molecule has 0 aromatic heterocycles. The van der Waals surface area contributed by atoms with Gasteiger partial charge in [0.25, 0.3) is 0 Å². The van der Waals surface area contributed by atoms with Crippen LogP contribution in [0.2, 0.25) is 0 Å². The van der Waals surface area contributed by atoms with E-state index in [1.54, 1.807) is 7.11 Å². The van der Waals surface area contributed by atoms with E-state index in [0.717, 1.165) is 45.0 Å². The fourth-order valence-electron chi connectivity index (χ4n) is 3.41. The summed E-state index contributed by atoms with van der Waals surface area (Å²) in [5, 5.41) is 3.52. The maximum atomic E-state index is 5.48. The predicted molar refractivity (Wildman–Crippen MR) is 97.1 cm³/mol. The second-order valence-corrected chi connectivity index (χ2v) is 6.87. The van der Waals surface area contributed by atoms with Gasteiger partial charge in [-0.25, -0.2) is 0 Å². The molecule has 1 unspecified atom stereocenters. The third kappa shape index (κ3) is 8.02. The van der Waals surface area contributed by atoms with E-state index < -0.39 is 0 Å². The van der Waals surface area contributed by atoms with Crippen molar-refractivity contribution in [1.82, 2.24) is 10.2 Å². The third-order valence-corrected chi connectivity index (χ3v) is 4.58. The monoisotopic (exact) mass is 327 g/mol. The van der Waals surface area contributed by atoms with Crippen molar-refractivity contribution in [2.45, 2.75) is 52.4 Å². The Morgan fingerprint density at radius 1 is 1.26 bits per heavy atom. The number of nitrogens with one attached hydrogen (secondary N) is 1. The molecule has 0 spiro atoms. The lowest BCUT2D eigenvalue weighted by Gasteiger charge is -2.42. The summed E-state index contributed by atoms with van der Waals surface area (Å²) in [4.78, 5) is 6.92. The smallest absolute Gasteiger partial charge is 0.193 e. The summed E-state index contributed by atoms with van der Waals surface area (Å²) >= 11 is 0. The van der Waals surface area contributed by atoms with Gasteiger partial charge in [-0.3, -0.25) is 4.99 Å². The number of ether oxygens (including phenoxy) is 2. The highest BCUT2D eigenvalue weighted by Crippen LogP contribution is 2.33. The molecular formula is C18H37N3O2. The normalized spacial score (nSPS) is 22.4. The zero-order chi connectivity index (χ0) is 17.0. The highest BCUT2D eigenvalue weighted by Gasteiger charge is 2.31. The van der Waals surface area contributed by atoms with Gasteiger partial charge in [0, 0.05) is 40.4 Å². The molecule has 23 heavy (non-hydrogen) atoms. The van der Waals surface area contributed by atoms with Crippen LogP contribution in [-0.4, -0.2) is 64.5 Å². The predicted octanol–water partition coefficient (Wildman–Crippen LogP) is 2.91. The van der Waals surface area contributed by atoms with E-state index in [-0.39, 0.29) is 0 Å². The minimum absolute atomic E-state index is 0.444. The second-order valence-electron chi connectivity index (χ2n) is 6.87. The molecule has 1 heterocycles. The van der Waals surface area contributed by atoms with Crippen molar-refractivity contribution in [2.75, 3.05) is 53.6 Å². The highest BCUT2D eigenvalue weighted by molar-refractivity contribution is 5.80. The number of hydrogen-bond donors (Lipinski definition) is 1. The number of piperidine rings is 1. The number of methoxy groups -OCH3 is 1. The summed E-state index contributed by atoms with van der Waals surface area (Å²) in [6, 6.07) is 0. The molecule has 1 saturated heterocycles. The van der Waals surface area contributed by atoms with Crippen molar-refractivity contribution in [1.29, 1.82) is 0 Å². The standard InChI is InChI=1S/C18H37N3O2/c1-5-9-18(2)10-8-12-21(16-18)17(19-3)20-11-6-7-13-23-15-14-22-4/h5-16H2,1-4H3,(H,19,20). The van der Waals surface area contributed by atoms with Crippen molar-refractivity contribution in [3.63, 3.8) is 0 Å². The average Bonchev–Trinajstić information content (AvgIpc) is 2.53. The molecule has 1 rings (SSSR count). The summed E-state index contributed by atoms with van der Waals surface area (Å²) in [7, 11) is 3.59. The van der Waals surface area contributed by atoms with Crippen LogP contribution in [0.15, 0.2) is 4.99 Å². The van der Waals surface area contributed by atoms with Gasteiger partial charge in [-0.05, 0) is 37.5 Å². The van der Waals surface area contributed by atoms with Crippen molar-refractivity contribution in [3.8, 4) is 0 Å². The Labute approximate surface area is 142 Å². The molecule has 0 aromatic carbocycles. The maximum absolute atomic E-state index is 5.48. The van der Waals surface area contributed by atoms with Gasteiger partial charge in [0.1, 0.15) is 0 Å². The van der Waals surface area contributed by atoms with Gasteiger partial charge < -0.3 is 19.7 Å². The summed E-state index contributed by atoms with van der Waals surface area (Å²) in [6.45, 7) is 10.1. The van der Waals surface area contributed by atoms with Crippen LogP contribution in [0.25, 0.3) is 0 Å². The number of hydrogen-bond acceptors (Lipinski definition) is 3. The number of unbranched alkanes of at least 4 members (excludes halogenated alkanes) is 1. The highest BCUT2D eigenvalue weighted by atomic mass is 16.5. The number of aliphatic imine (C=N–C) groups is 1. The molecule has 0 saturated carbocycles. The quantitative estimate of drug-likeness (QED) is 0.381. The second kappa shape index (κ2) is 11.7. The fourth-order valence-corrected chi connectivity index (χ4v) is 3.41. The lowest BCUT2D eigenvalue weighted by atomic mass is 9.78. The largest absolute Gasteiger partial charge is 0.382 e. The first-order valence-corrected chi connectivity index (χ1v) is 9.17. The van der Waals surface area contributed by atoms with E-state index in [1.165, 1.54) is 25.7 Å². The zero-order valence-electron chi connectivity index (χ0n) is 15.7. The van der Waals surface area contributed by atoms with Crippen molar-refractivity contribution >= 4 is 5.96 Å². The molecule has 0 bridgehead atoms. The Hall–Kier alpha value is -0.810. The first-order chi connectivity index (χ1) is 11.1. The van der Waals surface area contributed by atoms with E-state index in [1.807, 2.05) is 7.05 Å². The first kappa shape index (κ1) is 20.2. The molecule has 1 N–H and O–H groups in total. The van der Waals surface area contributed by atoms with Crippen molar-refractivity contribution < 1.29 is 9.47 Å². The van der Waals surface area contributed by atoms with Crippen LogP contribution in [0.4, 0.5) is 0 Å². The Morgan fingerprint density at radius 2 is 2.09 bits per heavy atom. The molecule has 5 nitrogen and oxygen atoms in total. The average molecular weight is 328 g/mol. The third-order valence-electron chi connectivity index (χ3n) is 4.58. The Morgan fingerprint density at radius 3 is 2.78 bits per heavy atom. The lowest BCUT2D eigenvalue weighted by Crippen LogP contribution is -2.50. The summed E-state index contributed by atoms with van der Waals surface area (Å²) in [6.07, 6.45) is 7.35. The van der Waals surface area contributed by atoms with Crippen LogP contribution in [0.5, 0.6) is 0 Å². The van der Waals surface area contributed by atoms with E-state index in [2.05, 4.69) is 29.1 Å². The molecule has 0 aliphatic carbocycles. The number of guanidine groups is 1. The zero-order valence-corrected chi connectivity index (χ0v) is 15.7. The van der Waals surface area contributed by atoms with Gasteiger partial charge in [0.05, 0.1) is 13.2 Å².